The van der Waals surface area contributed by atoms with Crippen LogP contribution in [0.25, 0.3) is 10.9 Å². The van der Waals surface area contributed by atoms with Crippen LogP contribution in [0.5, 0.6) is 0 Å². The number of hydrogen-bond acceptors (Lipinski definition) is 4. The molecule has 0 unspecified atom stereocenters. The zero-order valence-electron chi connectivity index (χ0n) is 13.2. The lowest BCUT2D eigenvalue weighted by atomic mass is 10.1. The Hall–Kier alpha value is -2.49. The Kier molecular flexibility index (Phi) is 4.00. The molecule has 4 nitrogen and oxygen atoms in total. The molecule has 0 atom stereocenters. The summed E-state index contributed by atoms with van der Waals surface area (Å²) in [5.41, 5.74) is 3.46. The zero-order valence-corrected chi connectivity index (χ0v) is 13.2. The van der Waals surface area contributed by atoms with Crippen LogP contribution in [0.3, 0.4) is 0 Å². The summed E-state index contributed by atoms with van der Waals surface area (Å²) in [4.78, 5) is 15.5. The van der Waals surface area contributed by atoms with E-state index in [1.165, 1.54) is 16.5 Å². The first-order chi connectivity index (χ1) is 10.7. The van der Waals surface area contributed by atoms with Gasteiger partial charge >= 0.3 is 0 Å². The fourth-order valence-corrected chi connectivity index (χ4v) is 2.70. The smallest absolute Gasteiger partial charge is 0.135 e. The van der Waals surface area contributed by atoms with Gasteiger partial charge in [-0.15, -0.1) is 0 Å². The van der Waals surface area contributed by atoms with E-state index in [0.29, 0.717) is 0 Å². The number of aromatic nitrogens is 3. The average molecular weight is 292 g/mol. The van der Waals surface area contributed by atoms with Crippen molar-refractivity contribution >= 4 is 16.7 Å². The molecular weight excluding hydrogens is 272 g/mol. The second-order valence-electron chi connectivity index (χ2n) is 5.46. The third kappa shape index (κ3) is 2.77. The van der Waals surface area contributed by atoms with Crippen LogP contribution in [0.1, 0.15) is 23.9 Å². The summed E-state index contributed by atoms with van der Waals surface area (Å²) in [5.74, 6) is 1.81. The molecule has 1 aromatic carbocycles. The SMILES string of the molecule is CCc1cnc(C)nc1N(C)Cc1cccc2ncccc12. The van der Waals surface area contributed by atoms with Crippen LogP contribution in [0.2, 0.25) is 0 Å². The maximum atomic E-state index is 4.62. The van der Waals surface area contributed by atoms with Gasteiger partial charge in [0.25, 0.3) is 0 Å². The lowest BCUT2D eigenvalue weighted by molar-refractivity contribution is 0.861. The first kappa shape index (κ1) is 14.4. The molecule has 0 saturated heterocycles. The van der Waals surface area contributed by atoms with Gasteiger partial charge in [-0.05, 0) is 31.0 Å². The Morgan fingerprint density at radius 2 is 1.91 bits per heavy atom. The molecule has 3 aromatic rings. The van der Waals surface area contributed by atoms with Crippen LogP contribution < -0.4 is 4.90 Å². The van der Waals surface area contributed by atoms with Gasteiger partial charge in [0.1, 0.15) is 11.6 Å². The predicted molar refractivity (Wildman–Crippen MR) is 90.0 cm³/mol. The summed E-state index contributed by atoms with van der Waals surface area (Å²) in [7, 11) is 2.08. The monoisotopic (exact) mass is 292 g/mol. The summed E-state index contributed by atoms with van der Waals surface area (Å²) in [6.45, 7) is 4.86. The van der Waals surface area contributed by atoms with Gasteiger partial charge in [-0.2, -0.15) is 0 Å². The molecular formula is C18H20N4. The van der Waals surface area contributed by atoms with Gasteiger partial charge < -0.3 is 4.90 Å². The van der Waals surface area contributed by atoms with E-state index >= 15 is 0 Å². The fourth-order valence-electron chi connectivity index (χ4n) is 2.70. The Morgan fingerprint density at radius 1 is 1.05 bits per heavy atom. The third-order valence-corrected chi connectivity index (χ3v) is 3.85. The first-order valence-corrected chi connectivity index (χ1v) is 7.55. The average Bonchev–Trinajstić information content (AvgIpc) is 2.55. The van der Waals surface area contributed by atoms with Crippen molar-refractivity contribution in [3.63, 3.8) is 0 Å². The van der Waals surface area contributed by atoms with E-state index in [1.54, 1.807) is 0 Å². The lowest BCUT2D eigenvalue weighted by Crippen LogP contribution is -2.20. The summed E-state index contributed by atoms with van der Waals surface area (Å²) >= 11 is 0. The highest BCUT2D eigenvalue weighted by molar-refractivity contribution is 5.82. The minimum atomic E-state index is 0.798. The van der Waals surface area contributed by atoms with Gasteiger partial charge in [-0.1, -0.05) is 25.1 Å². The first-order valence-electron chi connectivity index (χ1n) is 7.55. The van der Waals surface area contributed by atoms with Gasteiger partial charge in [-0.25, -0.2) is 9.97 Å². The molecule has 2 heterocycles. The van der Waals surface area contributed by atoms with E-state index in [2.05, 4.69) is 52.0 Å². The molecule has 0 aliphatic rings. The topological polar surface area (TPSA) is 41.9 Å². The number of rotatable bonds is 4. The number of anilines is 1. The van der Waals surface area contributed by atoms with Gasteiger partial charge in [0, 0.05) is 36.9 Å². The number of pyridine rings is 1. The van der Waals surface area contributed by atoms with Crippen molar-refractivity contribution in [3.8, 4) is 0 Å². The number of hydrogen-bond donors (Lipinski definition) is 0. The van der Waals surface area contributed by atoms with Gasteiger partial charge in [-0.3, -0.25) is 4.98 Å². The van der Waals surface area contributed by atoms with Crippen molar-refractivity contribution in [2.75, 3.05) is 11.9 Å². The van der Waals surface area contributed by atoms with Crippen LogP contribution in [0, 0.1) is 6.92 Å². The van der Waals surface area contributed by atoms with Crippen LogP contribution in [0.4, 0.5) is 5.82 Å². The van der Waals surface area contributed by atoms with Crippen LogP contribution in [-0.2, 0) is 13.0 Å². The van der Waals surface area contributed by atoms with Crippen molar-refractivity contribution < 1.29 is 0 Å². The highest BCUT2D eigenvalue weighted by atomic mass is 15.2. The fraction of sp³-hybridized carbons (Fsp3) is 0.278. The van der Waals surface area contributed by atoms with Gasteiger partial charge in [0.15, 0.2) is 0 Å². The maximum Gasteiger partial charge on any atom is 0.135 e. The van der Waals surface area contributed by atoms with Crippen molar-refractivity contribution in [2.24, 2.45) is 0 Å². The predicted octanol–water partition coefficient (Wildman–Crippen LogP) is 3.53. The Morgan fingerprint density at radius 3 is 2.73 bits per heavy atom. The quantitative estimate of drug-likeness (QED) is 0.737. The van der Waals surface area contributed by atoms with Crippen LogP contribution >= 0.6 is 0 Å². The maximum absolute atomic E-state index is 4.62. The Labute approximate surface area is 130 Å². The molecule has 2 aromatic heterocycles. The van der Waals surface area contributed by atoms with Gasteiger partial charge in [0.2, 0.25) is 0 Å². The van der Waals surface area contributed by atoms with Crippen LogP contribution in [0.15, 0.2) is 42.7 Å². The molecule has 3 rings (SSSR count). The van der Waals surface area contributed by atoms with Crippen molar-refractivity contribution in [3.05, 3.63) is 59.7 Å². The van der Waals surface area contributed by atoms with E-state index in [0.717, 1.165) is 30.1 Å². The molecule has 0 bridgehead atoms. The molecule has 0 fully saturated rings. The third-order valence-electron chi connectivity index (χ3n) is 3.85. The van der Waals surface area contributed by atoms with Crippen molar-refractivity contribution in [1.82, 2.24) is 15.0 Å². The molecule has 0 aliphatic heterocycles. The molecule has 0 radical (unpaired) electrons. The number of nitrogens with zero attached hydrogens (tertiary/aromatic N) is 4. The number of aryl methyl sites for hydroxylation is 2. The summed E-state index contributed by atoms with van der Waals surface area (Å²) in [6.07, 6.45) is 4.69. The Bertz CT molecular complexity index is 793. The van der Waals surface area contributed by atoms with Gasteiger partial charge in [0.05, 0.1) is 5.52 Å². The van der Waals surface area contributed by atoms with Crippen molar-refractivity contribution in [1.29, 1.82) is 0 Å². The molecule has 0 N–H and O–H groups in total. The number of fused-ring (bicyclic) bond motifs is 1. The second kappa shape index (κ2) is 6.10. The van der Waals surface area contributed by atoms with E-state index in [-0.39, 0.29) is 0 Å². The zero-order chi connectivity index (χ0) is 15.5. The lowest BCUT2D eigenvalue weighted by Gasteiger charge is -2.22. The Balaban J connectivity index is 1.97. The molecule has 22 heavy (non-hydrogen) atoms. The van der Waals surface area contributed by atoms with E-state index in [1.807, 2.05) is 31.5 Å². The number of benzene rings is 1. The molecule has 0 spiro atoms. The minimum Gasteiger partial charge on any atom is -0.355 e. The van der Waals surface area contributed by atoms with Crippen LogP contribution in [-0.4, -0.2) is 22.0 Å². The summed E-state index contributed by atoms with van der Waals surface area (Å²) in [5, 5.41) is 1.20. The van der Waals surface area contributed by atoms with E-state index in [9.17, 15) is 0 Å². The van der Waals surface area contributed by atoms with E-state index < -0.39 is 0 Å². The van der Waals surface area contributed by atoms with Crippen molar-refractivity contribution in [2.45, 2.75) is 26.8 Å². The highest BCUT2D eigenvalue weighted by Crippen LogP contribution is 2.22. The van der Waals surface area contributed by atoms with E-state index in [4.69, 9.17) is 0 Å². The summed E-state index contributed by atoms with van der Waals surface area (Å²) in [6, 6.07) is 10.4. The molecule has 4 heteroatoms. The highest BCUT2D eigenvalue weighted by Gasteiger charge is 2.11. The molecule has 112 valence electrons. The molecule has 0 saturated carbocycles. The summed E-state index contributed by atoms with van der Waals surface area (Å²) < 4.78 is 0. The standard InChI is InChI=1S/C18H20N4/c1-4-14-11-20-13(2)21-18(14)22(3)12-15-7-5-9-17-16(15)8-6-10-19-17/h5-11H,4,12H2,1-3H3. The normalized spacial score (nSPS) is 10.9. The largest absolute Gasteiger partial charge is 0.355 e. The minimum absolute atomic E-state index is 0.798. The second-order valence-corrected chi connectivity index (χ2v) is 5.46. The molecule has 0 aliphatic carbocycles. The molecule has 0 amide bonds.